The number of urea groups is 1. The molecule has 2 amide bonds. The molecule has 0 bridgehead atoms. The molecule has 0 unspecified atom stereocenters. The lowest BCUT2D eigenvalue weighted by Gasteiger charge is -2.16. The van der Waals surface area contributed by atoms with Crippen molar-refractivity contribution in [2.45, 2.75) is 12.8 Å². The summed E-state index contributed by atoms with van der Waals surface area (Å²) in [6.45, 7) is 1.59. The fraction of sp³-hybridized carbons (Fsp3) is 0.364. The normalized spacial score (nSPS) is 15.2. The number of benzene rings is 1. The molecule has 1 aromatic rings. The monoisotopic (exact) mass is 240 g/mol. The summed E-state index contributed by atoms with van der Waals surface area (Å²) >= 11 is 5.67. The first-order valence-electron chi connectivity index (χ1n) is 5.21. The van der Waals surface area contributed by atoms with Crippen LogP contribution in [0.1, 0.15) is 12.8 Å². The van der Waals surface area contributed by atoms with E-state index in [0.29, 0.717) is 5.69 Å². The average Bonchev–Trinajstić information content (AvgIpc) is 2.77. The number of aromatic hydroxyl groups is 1. The first kappa shape index (κ1) is 11.1. The lowest BCUT2D eigenvalue weighted by Crippen LogP contribution is -2.32. The van der Waals surface area contributed by atoms with E-state index in [1.54, 1.807) is 17.0 Å². The summed E-state index contributed by atoms with van der Waals surface area (Å²) in [5.41, 5.74) is 0.554. The maximum Gasteiger partial charge on any atom is 0.321 e. The fourth-order valence-corrected chi connectivity index (χ4v) is 1.83. The minimum atomic E-state index is -0.126. The van der Waals surface area contributed by atoms with Gasteiger partial charge in [-0.2, -0.15) is 0 Å². The van der Waals surface area contributed by atoms with Gasteiger partial charge in [-0.05, 0) is 25.0 Å². The van der Waals surface area contributed by atoms with E-state index in [4.69, 9.17) is 11.6 Å². The number of likely N-dealkylation sites (tertiary alicyclic amines) is 1. The van der Waals surface area contributed by atoms with Gasteiger partial charge in [0.2, 0.25) is 0 Å². The minimum Gasteiger partial charge on any atom is -0.506 e. The Bertz CT molecular complexity index is 403. The number of halogens is 1. The van der Waals surface area contributed by atoms with E-state index in [1.165, 1.54) is 6.07 Å². The third-order valence-corrected chi connectivity index (χ3v) is 2.91. The Morgan fingerprint density at radius 2 is 2.06 bits per heavy atom. The molecule has 0 saturated carbocycles. The second kappa shape index (κ2) is 4.61. The fourth-order valence-electron chi connectivity index (χ4n) is 1.71. The van der Waals surface area contributed by atoms with Crippen LogP contribution in [0.5, 0.6) is 5.75 Å². The standard InChI is InChI=1S/C11H13ClN2O2/c12-9-4-3-8(7-10(9)15)13-11(16)14-5-1-2-6-14/h3-4,7,15H,1-2,5-6H2,(H,13,16). The van der Waals surface area contributed by atoms with Crippen molar-refractivity contribution < 1.29 is 9.90 Å². The molecule has 1 aliphatic heterocycles. The number of carbonyl (C=O) groups excluding carboxylic acids is 1. The van der Waals surface area contributed by atoms with Crippen molar-refractivity contribution in [1.82, 2.24) is 4.90 Å². The Balaban J connectivity index is 2.02. The van der Waals surface area contributed by atoms with E-state index in [0.717, 1.165) is 25.9 Å². The number of rotatable bonds is 1. The van der Waals surface area contributed by atoms with Gasteiger partial charge in [-0.25, -0.2) is 4.79 Å². The number of nitrogens with one attached hydrogen (secondary N) is 1. The lowest BCUT2D eigenvalue weighted by atomic mass is 10.3. The quantitative estimate of drug-likeness (QED) is 0.793. The van der Waals surface area contributed by atoms with Gasteiger partial charge >= 0.3 is 6.03 Å². The SMILES string of the molecule is O=C(Nc1ccc(Cl)c(O)c1)N1CCCC1. The van der Waals surface area contributed by atoms with Gasteiger partial charge in [-0.15, -0.1) is 0 Å². The van der Waals surface area contributed by atoms with Crippen LogP contribution in [0.2, 0.25) is 5.02 Å². The van der Waals surface area contributed by atoms with E-state index in [-0.39, 0.29) is 16.8 Å². The molecule has 1 aromatic carbocycles. The van der Waals surface area contributed by atoms with Crippen LogP contribution < -0.4 is 5.32 Å². The van der Waals surface area contributed by atoms with E-state index in [1.807, 2.05) is 0 Å². The number of amides is 2. The van der Waals surface area contributed by atoms with Crippen LogP contribution in [0.15, 0.2) is 18.2 Å². The van der Waals surface area contributed by atoms with Crippen LogP contribution in [0, 0.1) is 0 Å². The Morgan fingerprint density at radius 3 is 2.69 bits per heavy atom. The predicted octanol–water partition coefficient (Wildman–Crippen LogP) is 2.67. The zero-order valence-electron chi connectivity index (χ0n) is 8.74. The Labute approximate surface area is 98.8 Å². The van der Waals surface area contributed by atoms with Gasteiger partial charge in [0, 0.05) is 24.8 Å². The molecular weight excluding hydrogens is 228 g/mol. The van der Waals surface area contributed by atoms with Crippen LogP contribution in [-0.2, 0) is 0 Å². The van der Waals surface area contributed by atoms with E-state index < -0.39 is 0 Å². The van der Waals surface area contributed by atoms with Crippen molar-refractivity contribution >= 4 is 23.3 Å². The number of hydrogen-bond donors (Lipinski definition) is 2. The van der Waals surface area contributed by atoms with Crippen molar-refractivity contribution in [3.05, 3.63) is 23.2 Å². The van der Waals surface area contributed by atoms with Crippen molar-refractivity contribution in [2.75, 3.05) is 18.4 Å². The molecule has 16 heavy (non-hydrogen) atoms. The maximum absolute atomic E-state index is 11.7. The van der Waals surface area contributed by atoms with Crippen molar-refractivity contribution in [3.63, 3.8) is 0 Å². The topological polar surface area (TPSA) is 52.6 Å². The van der Waals surface area contributed by atoms with E-state index in [2.05, 4.69) is 5.32 Å². The van der Waals surface area contributed by atoms with Gasteiger partial charge < -0.3 is 15.3 Å². The van der Waals surface area contributed by atoms with Crippen LogP contribution in [0.3, 0.4) is 0 Å². The van der Waals surface area contributed by atoms with E-state index >= 15 is 0 Å². The van der Waals surface area contributed by atoms with E-state index in [9.17, 15) is 9.90 Å². The summed E-state index contributed by atoms with van der Waals surface area (Å²) < 4.78 is 0. The maximum atomic E-state index is 11.7. The molecule has 0 radical (unpaired) electrons. The Hall–Kier alpha value is -1.42. The molecule has 1 aliphatic rings. The zero-order chi connectivity index (χ0) is 11.5. The smallest absolute Gasteiger partial charge is 0.321 e. The highest BCUT2D eigenvalue weighted by atomic mass is 35.5. The number of anilines is 1. The summed E-state index contributed by atoms with van der Waals surface area (Å²) in [6.07, 6.45) is 2.11. The molecule has 2 N–H and O–H groups in total. The van der Waals surface area contributed by atoms with Gasteiger partial charge in [-0.1, -0.05) is 11.6 Å². The highest BCUT2D eigenvalue weighted by molar-refractivity contribution is 6.32. The van der Waals surface area contributed by atoms with Gasteiger partial charge in [-0.3, -0.25) is 0 Å². The molecule has 5 heteroatoms. The summed E-state index contributed by atoms with van der Waals surface area (Å²) in [7, 11) is 0. The number of carbonyl (C=O) groups is 1. The third-order valence-electron chi connectivity index (χ3n) is 2.59. The van der Waals surface area contributed by atoms with Crippen molar-refractivity contribution in [1.29, 1.82) is 0 Å². The van der Waals surface area contributed by atoms with Crippen LogP contribution in [-0.4, -0.2) is 29.1 Å². The van der Waals surface area contributed by atoms with Gasteiger partial charge in [0.15, 0.2) is 0 Å². The number of phenols is 1. The molecule has 1 fully saturated rings. The second-order valence-electron chi connectivity index (χ2n) is 3.79. The minimum absolute atomic E-state index is 0.0270. The number of hydrogen-bond acceptors (Lipinski definition) is 2. The molecule has 4 nitrogen and oxygen atoms in total. The number of nitrogens with zero attached hydrogens (tertiary/aromatic N) is 1. The van der Waals surface area contributed by atoms with Crippen LogP contribution in [0.25, 0.3) is 0 Å². The Kier molecular flexibility index (Phi) is 3.19. The average molecular weight is 241 g/mol. The molecule has 1 heterocycles. The highest BCUT2D eigenvalue weighted by Crippen LogP contribution is 2.26. The number of phenolic OH excluding ortho intramolecular Hbond substituents is 1. The molecule has 0 spiro atoms. The van der Waals surface area contributed by atoms with Gasteiger partial charge in [0.1, 0.15) is 5.75 Å². The molecule has 0 aliphatic carbocycles. The Morgan fingerprint density at radius 1 is 1.38 bits per heavy atom. The largest absolute Gasteiger partial charge is 0.506 e. The lowest BCUT2D eigenvalue weighted by molar-refractivity contribution is 0.222. The predicted molar refractivity (Wildman–Crippen MR) is 62.9 cm³/mol. The van der Waals surface area contributed by atoms with Crippen LogP contribution >= 0.6 is 11.6 Å². The molecule has 2 rings (SSSR count). The van der Waals surface area contributed by atoms with Crippen molar-refractivity contribution in [2.24, 2.45) is 0 Å². The molecule has 1 saturated heterocycles. The summed E-state index contributed by atoms with van der Waals surface area (Å²) in [4.78, 5) is 13.5. The summed E-state index contributed by atoms with van der Waals surface area (Å²) in [5.74, 6) is -0.0270. The summed E-state index contributed by atoms with van der Waals surface area (Å²) in [6, 6.07) is 4.53. The van der Waals surface area contributed by atoms with Crippen molar-refractivity contribution in [3.8, 4) is 5.75 Å². The second-order valence-corrected chi connectivity index (χ2v) is 4.20. The van der Waals surface area contributed by atoms with Gasteiger partial charge in [0.25, 0.3) is 0 Å². The molecule has 86 valence electrons. The summed E-state index contributed by atoms with van der Waals surface area (Å²) in [5, 5.41) is 12.4. The molecule has 0 aromatic heterocycles. The third kappa shape index (κ3) is 2.39. The zero-order valence-corrected chi connectivity index (χ0v) is 9.50. The highest BCUT2D eigenvalue weighted by Gasteiger charge is 2.17. The first-order valence-corrected chi connectivity index (χ1v) is 5.59. The van der Waals surface area contributed by atoms with Gasteiger partial charge in [0.05, 0.1) is 5.02 Å². The first-order chi connectivity index (χ1) is 7.66. The van der Waals surface area contributed by atoms with Crippen LogP contribution in [0.4, 0.5) is 10.5 Å². The molecular formula is C11H13ClN2O2. The molecule has 0 atom stereocenters.